The summed E-state index contributed by atoms with van der Waals surface area (Å²) in [5.41, 5.74) is 2.11. The Labute approximate surface area is 203 Å². The van der Waals surface area contributed by atoms with Crippen molar-refractivity contribution in [2.45, 2.75) is 19.6 Å². The Hall–Kier alpha value is -2.78. The molecule has 1 aromatic heterocycles. The molecule has 34 heavy (non-hydrogen) atoms. The van der Waals surface area contributed by atoms with E-state index in [1.165, 1.54) is 18.4 Å². The highest BCUT2D eigenvalue weighted by molar-refractivity contribution is 6.30. The lowest BCUT2D eigenvalue weighted by Gasteiger charge is -2.29. The fourth-order valence-corrected chi connectivity index (χ4v) is 3.98. The van der Waals surface area contributed by atoms with Gasteiger partial charge in [-0.3, -0.25) is 14.6 Å². The van der Waals surface area contributed by atoms with E-state index in [2.05, 4.69) is 20.1 Å². The lowest BCUT2D eigenvalue weighted by atomic mass is 10.2. The minimum Gasteiger partial charge on any atom is -0.447 e. The van der Waals surface area contributed by atoms with Crippen molar-refractivity contribution in [3.05, 3.63) is 88.3 Å². The van der Waals surface area contributed by atoms with E-state index >= 15 is 0 Å². The highest BCUT2D eigenvalue weighted by Crippen LogP contribution is 2.15. The van der Waals surface area contributed by atoms with Crippen molar-refractivity contribution in [2.24, 2.45) is 0 Å². The van der Waals surface area contributed by atoms with E-state index in [-0.39, 0.29) is 24.0 Å². The molecule has 0 bridgehead atoms. The molecule has 0 unspecified atom stereocenters. The van der Waals surface area contributed by atoms with Crippen molar-refractivity contribution in [1.29, 1.82) is 0 Å². The first-order valence-electron chi connectivity index (χ1n) is 11.3. The highest BCUT2D eigenvalue weighted by atomic mass is 35.5. The Morgan fingerprint density at radius 1 is 1.12 bits per heavy atom. The summed E-state index contributed by atoms with van der Waals surface area (Å²) in [6, 6.07) is 13.8. The molecule has 1 amide bonds. The van der Waals surface area contributed by atoms with E-state index in [4.69, 9.17) is 20.8 Å². The molecule has 0 atom stereocenters. The molecule has 2 aromatic carbocycles. The van der Waals surface area contributed by atoms with Crippen LogP contribution in [0, 0.1) is 5.82 Å². The van der Waals surface area contributed by atoms with E-state index in [0.29, 0.717) is 24.0 Å². The van der Waals surface area contributed by atoms with Crippen LogP contribution in [0.2, 0.25) is 5.02 Å². The van der Waals surface area contributed by atoms with Crippen molar-refractivity contribution in [1.82, 2.24) is 20.1 Å². The van der Waals surface area contributed by atoms with Crippen LogP contribution in [-0.2, 0) is 24.4 Å². The quantitative estimate of drug-likeness (QED) is 0.471. The van der Waals surface area contributed by atoms with Gasteiger partial charge in [0.05, 0.1) is 19.8 Å². The number of nitrogens with one attached hydrogen (secondary N) is 1. The number of halogens is 2. The van der Waals surface area contributed by atoms with Crippen LogP contribution in [0.1, 0.15) is 27.5 Å². The second kappa shape index (κ2) is 12.1. The fraction of sp³-hybridized carbons (Fsp3) is 0.360. The summed E-state index contributed by atoms with van der Waals surface area (Å²) in [6.07, 6.45) is 1.37. The number of oxazole rings is 1. The van der Waals surface area contributed by atoms with Crippen molar-refractivity contribution in [3.63, 3.8) is 0 Å². The summed E-state index contributed by atoms with van der Waals surface area (Å²) in [6.45, 7) is 6.47. The van der Waals surface area contributed by atoms with Gasteiger partial charge in [0.15, 0.2) is 5.69 Å². The Kier molecular flexibility index (Phi) is 8.65. The molecule has 0 radical (unpaired) electrons. The van der Waals surface area contributed by atoms with Crippen LogP contribution in [-0.4, -0.2) is 60.1 Å². The normalized spacial score (nSPS) is 14.4. The summed E-state index contributed by atoms with van der Waals surface area (Å²) in [4.78, 5) is 21.5. The molecule has 9 heteroatoms. The number of hydrogen-bond donors (Lipinski definition) is 1. The first kappa shape index (κ1) is 24.3. The maximum absolute atomic E-state index is 13.0. The fourth-order valence-electron chi connectivity index (χ4n) is 3.77. The number of carbonyl (C=O) groups excluding carboxylic acids is 1. The molecule has 1 aliphatic rings. The zero-order chi connectivity index (χ0) is 23.8. The van der Waals surface area contributed by atoms with Crippen LogP contribution < -0.4 is 5.32 Å². The van der Waals surface area contributed by atoms with Crippen molar-refractivity contribution < 1.29 is 18.3 Å². The molecule has 0 saturated carbocycles. The number of aromatic nitrogens is 1. The molecule has 0 aliphatic carbocycles. The molecule has 1 saturated heterocycles. The van der Waals surface area contributed by atoms with E-state index in [0.717, 1.165) is 50.5 Å². The van der Waals surface area contributed by atoms with Crippen LogP contribution >= 0.6 is 11.6 Å². The van der Waals surface area contributed by atoms with Gasteiger partial charge in [0, 0.05) is 44.3 Å². The molecule has 1 aliphatic heterocycles. The smallest absolute Gasteiger partial charge is 0.273 e. The lowest BCUT2D eigenvalue weighted by Crippen LogP contribution is -2.41. The van der Waals surface area contributed by atoms with E-state index < -0.39 is 0 Å². The number of carbonyl (C=O) groups is 1. The Bertz CT molecular complexity index is 1070. The minimum absolute atomic E-state index is 0.216. The van der Waals surface area contributed by atoms with Gasteiger partial charge in [-0.05, 0) is 35.4 Å². The molecular weight excluding hydrogens is 459 g/mol. The molecule has 1 fully saturated rings. The van der Waals surface area contributed by atoms with Crippen LogP contribution in [0.5, 0.6) is 0 Å². The topological polar surface area (TPSA) is 70.8 Å². The number of morpholine rings is 1. The van der Waals surface area contributed by atoms with Gasteiger partial charge in [0.1, 0.15) is 12.1 Å². The summed E-state index contributed by atoms with van der Waals surface area (Å²) >= 11 is 6.17. The summed E-state index contributed by atoms with van der Waals surface area (Å²) in [5.74, 6) is -0.183. The van der Waals surface area contributed by atoms with Gasteiger partial charge in [-0.2, -0.15) is 0 Å². The second-order valence-corrected chi connectivity index (χ2v) is 8.67. The molecule has 180 valence electrons. The van der Waals surface area contributed by atoms with Crippen molar-refractivity contribution in [2.75, 3.05) is 39.4 Å². The van der Waals surface area contributed by atoms with Gasteiger partial charge in [-0.15, -0.1) is 0 Å². The van der Waals surface area contributed by atoms with E-state index in [1.807, 2.05) is 24.3 Å². The number of amides is 1. The third-order valence-corrected chi connectivity index (χ3v) is 5.88. The van der Waals surface area contributed by atoms with Crippen molar-refractivity contribution >= 4 is 17.5 Å². The Morgan fingerprint density at radius 2 is 1.91 bits per heavy atom. The molecule has 7 nitrogen and oxygen atoms in total. The maximum Gasteiger partial charge on any atom is 0.273 e. The molecule has 1 N–H and O–H groups in total. The van der Waals surface area contributed by atoms with Gasteiger partial charge >= 0.3 is 0 Å². The SMILES string of the molecule is O=C(NCc1ccc(F)cc1)c1coc(CN(CCN2CCOCC2)Cc2cccc(Cl)c2)n1. The van der Waals surface area contributed by atoms with Gasteiger partial charge in [-0.1, -0.05) is 35.9 Å². The predicted octanol–water partition coefficient (Wildman–Crippen LogP) is 3.73. The largest absolute Gasteiger partial charge is 0.447 e. The second-order valence-electron chi connectivity index (χ2n) is 8.23. The minimum atomic E-state index is -0.339. The lowest BCUT2D eigenvalue weighted by molar-refractivity contribution is 0.0320. The summed E-state index contributed by atoms with van der Waals surface area (Å²) in [5, 5.41) is 3.48. The zero-order valence-electron chi connectivity index (χ0n) is 18.9. The third-order valence-electron chi connectivity index (χ3n) is 5.64. The predicted molar refractivity (Wildman–Crippen MR) is 127 cm³/mol. The molecular formula is C25H28ClFN4O3. The van der Waals surface area contributed by atoms with Crippen LogP contribution in [0.4, 0.5) is 4.39 Å². The van der Waals surface area contributed by atoms with Crippen LogP contribution in [0.15, 0.2) is 59.2 Å². The first-order chi connectivity index (χ1) is 16.5. The molecule has 2 heterocycles. The number of hydrogen-bond acceptors (Lipinski definition) is 6. The number of ether oxygens (including phenoxy) is 1. The van der Waals surface area contributed by atoms with Gasteiger partial charge in [0.2, 0.25) is 5.89 Å². The Morgan fingerprint density at radius 3 is 2.68 bits per heavy atom. The summed E-state index contributed by atoms with van der Waals surface area (Å²) in [7, 11) is 0. The number of benzene rings is 2. The van der Waals surface area contributed by atoms with E-state index in [1.54, 1.807) is 12.1 Å². The molecule has 4 rings (SSSR count). The van der Waals surface area contributed by atoms with E-state index in [9.17, 15) is 9.18 Å². The number of rotatable bonds is 10. The third kappa shape index (κ3) is 7.36. The molecule has 3 aromatic rings. The van der Waals surface area contributed by atoms with Crippen LogP contribution in [0.25, 0.3) is 0 Å². The Balaban J connectivity index is 1.36. The van der Waals surface area contributed by atoms with Crippen molar-refractivity contribution in [3.8, 4) is 0 Å². The molecule has 0 spiro atoms. The van der Waals surface area contributed by atoms with Gasteiger partial charge < -0.3 is 14.5 Å². The van der Waals surface area contributed by atoms with Gasteiger partial charge in [0.25, 0.3) is 5.91 Å². The standard InChI is InChI=1S/C25H28ClFN4O3/c26-21-3-1-2-20(14-21)16-31(9-8-30-10-12-33-13-11-30)17-24-29-23(18-34-24)25(32)28-15-19-4-6-22(27)7-5-19/h1-7,14,18H,8-13,15-17H2,(H,28,32). The average Bonchev–Trinajstić information content (AvgIpc) is 3.31. The monoisotopic (exact) mass is 486 g/mol. The van der Waals surface area contributed by atoms with Crippen LogP contribution in [0.3, 0.4) is 0 Å². The van der Waals surface area contributed by atoms with Gasteiger partial charge in [-0.25, -0.2) is 9.37 Å². The average molecular weight is 487 g/mol. The first-order valence-corrected chi connectivity index (χ1v) is 11.7. The maximum atomic E-state index is 13.0. The highest BCUT2D eigenvalue weighted by Gasteiger charge is 2.17. The number of nitrogens with zero attached hydrogens (tertiary/aromatic N) is 3. The zero-order valence-corrected chi connectivity index (χ0v) is 19.6. The summed E-state index contributed by atoms with van der Waals surface area (Å²) < 4.78 is 24.1.